The fourth-order valence-electron chi connectivity index (χ4n) is 2.55. The molecule has 7 heteroatoms. The number of hydrogen-bond donors (Lipinski definition) is 1. The van der Waals surface area contributed by atoms with Gasteiger partial charge in [0.25, 0.3) is 0 Å². The Hall–Kier alpha value is -2.41. The van der Waals surface area contributed by atoms with Gasteiger partial charge in [-0.25, -0.2) is 9.50 Å². The largest absolute Gasteiger partial charge is 0.497 e. The van der Waals surface area contributed by atoms with Crippen molar-refractivity contribution in [3.05, 3.63) is 46.2 Å². The lowest BCUT2D eigenvalue weighted by Crippen LogP contribution is -2.24. The van der Waals surface area contributed by atoms with Gasteiger partial charge in [-0.3, -0.25) is 4.79 Å². The van der Waals surface area contributed by atoms with Crippen LogP contribution in [-0.4, -0.2) is 27.6 Å². The normalized spacial score (nSPS) is 11.0. The van der Waals surface area contributed by atoms with Crippen molar-refractivity contribution in [2.75, 3.05) is 7.11 Å². The number of carbonyl (C=O) groups excluding carboxylic acids is 1. The van der Waals surface area contributed by atoms with E-state index in [4.69, 9.17) is 4.74 Å². The van der Waals surface area contributed by atoms with E-state index in [-0.39, 0.29) is 5.91 Å². The zero-order valence-corrected chi connectivity index (χ0v) is 14.8. The van der Waals surface area contributed by atoms with E-state index in [2.05, 4.69) is 15.4 Å². The monoisotopic (exact) mass is 344 g/mol. The highest BCUT2D eigenvalue weighted by molar-refractivity contribution is 7.16. The number of imidazole rings is 1. The minimum Gasteiger partial charge on any atom is -0.497 e. The van der Waals surface area contributed by atoms with Gasteiger partial charge in [-0.05, 0) is 38.0 Å². The molecular formula is C17H20N4O2S. The lowest BCUT2D eigenvalue weighted by atomic mass is 10.1. The number of aromatic nitrogens is 3. The number of aryl methyl sites for hydroxylation is 3. The Labute approximate surface area is 144 Å². The maximum atomic E-state index is 12.1. The van der Waals surface area contributed by atoms with E-state index in [1.165, 1.54) is 0 Å². The first kappa shape index (κ1) is 16.4. The number of fused-ring (bicyclic) bond motifs is 1. The zero-order chi connectivity index (χ0) is 17.1. The number of hydrogen-bond acceptors (Lipinski definition) is 5. The first-order valence-electron chi connectivity index (χ1n) is 7.78. The van der Waals surface area contributed by atoms with E-state index >= 15 is 0 Å². The predicted molar refractivity (Wildman–Crippen MR) is 93.5 cm³/mol. The van der Waals surface area contributed by atoms with Crippen LogP contribution in [0.3, 0.4) is 0 Å². The van der Waals surface area contributed by atoms with Gasteiger partial charge in [0.15, 0.2) is 0 Å². The summed E-state index contributed by atoms with van der Waals surface area (Å²) < 4.78 is 7.02. The number of benzene rings is 1. The molecule has 3 rings (SSSR count). The number of nitrogens with zero attached hydrogens (tertiary/aromatic N) is 3. The molecule has 0 spiro atoms. The van der Waals surface area contributed by atoms with Gasteiger partial charge >= 0.3 is 0 Å². The molecule has 0 unspecified atom stereocenters. The molecule has 126 valence electrons. The molecular weight excluding hydrogens is 324 g/mol. The third-order valence-electron chi connectivity index (χ3n) is 3.83. The van der Waals surface area contributed by atoms with Crippen molar-refractivity contribution in [3.8, 4) is 5.75 Å². The molecule has 0 aliphatic rings. The fourth-order valence-corrected chi connectivity index (χ4v) is 3.35. The highest BCUT2D eigenvalue weighted by atomic mass is 32.1. The molecule has 6 nitrogen and oxygen atoms in total. The predicted octanol–water partition coefficient (Wildman–Crippen LogP) is 2.67. The van der Waals surface area contributed by atoms with Gasteiger partial charge in [0.05, 0.1) is 25.0 Å². The molecule has 0 aliphatic heterocycles. The minimum absolute atomic E-state index is 0.0131. The smallest absolute Gasteiger partial charge is 0.220 e. The van der Waals surface area contributed by atoms with E-state index in [0.29, 0.717) is 19.4 Å². The molecule has 3 aromatic rings. The number of ether oxygens (including phenoxy) is 1. The van der Waals surface area contributed by atoms with Crippen molar-refractivity contribution in [1.82, 2.24) is 19.9 Å². The molecule has 1 N–H and O–H groups in total. The zero-order valence-electron chi connectivity index (χ0n) is 14.0. The van der Waals surface area contributed by atoms with Gasteiger partial charge in [0.1, 0.15) is 10.8 Å². The highest BCUT2D eigenvalue weighted by Gasteiger charge is 2.13. The lowest BCUT2D eigenvalue weighted by Gasteiger charge is -2.06. The fraction of sp³-hybridized carbons (Fsp3) is 0.353. The second-order valence-electron chi connectivity index (χ2n) is 5.59. The molecule has 1 aromatic carbocycles. The Kier molecular flexibility index (Phi) is 4.80. The highest BCUT2D eigenvalue weighted by Crippen LogP contribution is 2.18. The maximum Gasteiger partial charge on any atom is 0.220 e. The van der Waals surface area contributed by atoms with Crippen LogP contribution in [0.2, 0.25) is 0 Å². The van der Waals surface area contributed by atoms with E-state index in [1.54, 1.807) is 18.4 Å². The van der Waals surface area contributed by atoms with E-state index in [9.17, 15) is 4.79 Å². The van der Waals surface area contributed by atoms with E-state index in [1.807, 2.05) is 42.6 Å². The molecule has 0 aliphatic carbocycles. The maximum absolute atomic E-state index is 12.1. The average molecular weight is 344 g/mol. The first-order chi connectivity index (χ1) is 11.6. The molecule has 1 amide bonds. The van der Waals surface area contributed by atoms with Gasteiger partial charge in [-0.1, -0.05) is 23.5 Å². The van der Waals surface area contributed by atoms with Gasteiger partial charge in [-0.15, -0.1) is 0 Å². The lowest BCUT2D eigenvalue weighted by molar-refractivity contribution is -0.121. The third-order valence-corrected chi connectivity index (χ3v) is 4.65. The topological polar surface area (TPSA) is 68.5 Å². The van der Waals surface area contributed by atoms with Gasteiger partial charge in [0.2, 0.25) is 10.9 Å². The first-order valence-corrected chi connectivity index (χ1v) is 8.59. The second-order valence-corrected chi connectivity index (χ2v) is 6.75. The summed E-state index contributed by atoms with van der Waals surface area (Å²) in [6, 6.07) is 7.78. The number of rotatable bonds is 6. The molecule has 2 heterocycles. The Morgan fingerprint density at radius 1 is 1.38 bits per heavy atom. The molecule has 2 aromatic heterocycles. The quantitative estimate of drug-likeness (QED) is 0.746. The summed E-state index contributed by atoms with van der Waals surface area (Å²) >= 11 is 1.55. The van der Waals surface area contributed by atoms with Crippen LogP contribution in [0.5, 0.6) is 5.75 Å². The summed E-state index contributed by atoms with van der Waals surface area (Å²) in [5, 5.41) is 8.35. The van der Waals surface area contributed by atoms with Crippen molar-refractivity contribution < 1.29 is 9.53 Å². The molecule has 0 fully saturated rings. The van der Waals surface area contributed by atoms with Gasteiger partial charge < -0.3 is 10.1 Å². The Morgan fingerprint density at radius 2 is 2.21 bits per heavy atom. The summed E-state index contributed by atoms with van der Waals surface area (Å²) in [4.78, 5) is 17.5. The Balaban J connectivity index is 1.57. The van der Waals surface area contributed by atoms with Crippen LogP contribution in [0.15, 0.2) is 24.3 Å². The van der Waals surface area contributed by atoms with Crippen LogP contribution in [0.25, 0.3) is 4.96 Å². The third kappa shape index (κ3) is 3.56. The SMILES string of the molecule is COc1cccc(CCC(=O)NCc2c(C)nc3sc(C)nn23)c1. The number of amides is 1. The van der Waals surface area contributed by atoms with Crippen molar-refractivity contribution in [2.24, 2.45) is 0 Å². The molecule has 24 heavy (non-hydrogen) atoms. The van der Waals surface area contributed by atoms with Gasteiger partial charge in [-0.2, -0.15) is 5.10 Å². The summed E-state index contributed by atoms with van der Waals surface area (Å²) in [5.74, 6) is 0.822. The van der Waals surface area contributed by atoms with Crippen molar-refractivity contribution >= 4 is 22.2 Å². The second kappa shape index (κ2) is 7.00. The number of methoxy groups -OCH3 is 1. The summed E-state index contributed by atoms with van der Waals surface area (Å²) in [7, 11) is 1.64. The molecule has 0 saturated carbocycles. The Morgan fingerprint density at radius 3 is 3.00 bits per heavy atom. The summed E-state index contributed by atoms with van der Waals surface area (Å²) in [6.45, 7) is 4.33. The van der Waals surface area contributed by atoms with E-state index in [0.717, 1.165) is 32.7 Å². The number of nitrogens with one attached hydrogen (secondary N) is 1. The minimum atomic E-state index is 0.0131. The van der Waals surface area contributed by atoms with Crippen LogP contribution in [0, 0.1) is 13.8 Å². The average Bonchev–Trinajstić information content (AvgIpc) is 3.06. The van der Waals surface area contributed by atoms with Crippen LogP contribution < -0.4 is 10.1 Å². The van der Waals surface area contributed by atoms with Gasteiger partial charge in [0, 0.05) is 6.42 Å². The Bertz CT molecular complexity index is 869. The van der Waals surface area contributed by atoms with Crippen molar-refractivity contribution in [3.63, 3.8) is 0 Å². The molecule has 0 atom stereocenters. The van der Waals surface area contributed by atoms with Crippen molar-refractivity contribution in [2.45, 2.75) is 33.2 Å². The summed E-state index contributed by atoms with van der Waals surface area (Å²) in [5.41, 5.74) is 2.92. The van der Waals surface area contributed by atoms with Crippen LogP contribution >= 0.6 is 11.3 Å². The van der Waals surface area contributed by atoms with Crippen LogP contribution in [0.1, 0.15) is 28.4 Å². The van der Waals surface area contributed by atoms with Crippen LogP contribution in [0.4, 0.5) is 0 Å². The van der Waals surface area contributed by atoms with Crippen LogP contribution in [-0.2, 0) is 17.8 Å². The molecule has 0 saturated heterocycles. The number of carbonyl (C=O) groups is 1. The van der Waals surface area contributed by atoms with Crippen molar-refractivity contribution in [1.29, 1.82) is 0 Å². The van der Waals surface area contributed by atoms with E-state index < -0.39 is 0 Å². The molecule has 0 radical (unpaired) electrons. The standard InChI is InChI=1S/C17H20N4O2S/c1-11-15(21-17(19-11)24-12(2)20-21)10-18-16(22)8-7-13-5-4-6-14(9-13)23-3/h4-6,9H,7-8,10H2,1-3H3,(H,18,22). The summed E-state index contributed by atoms with van der Waals surface area (Å²) in [6.07, 6.45) is 1.11. The molecule has 0 bridgehead atoms.